The second kappa shape index (κ2) is 6.31. The van der Waals surface area contributed by atoms with Crippen LogP contribution in [0.2, 0.25) is 0 Å². The minimum Gasteiger partial charge on any atom is -0.348 e. The predicted molar refractivity (Wildman–Crippen MR) is 92.7 cm³/mol. The van der Waals surface area contributed by atoms with E-state index >= 15 is 0 Å². The molecule has 0 saturated heterocycles. The van der Waals surface area contributed by atoms with Crippen LogP contribution in [-0.4, -0.2) is 20.3 Å². The lowest BCUT2D eigenvalue weighted by Gasteiger charge is -2.15. The standard InChI is InChI=1S/C18H20N4O2/c1-12-4-6-14(7-5-12)13(2)20-16(23)11-22-18(24)17-15(10-19-22)8-9-21(17)3/h4-10,13H,11H2,1-3H3,(H,20,23)/i1D3. The average molecular weight is 327 g/mol. The fourth-order valence-corrected chi connectivity index (χ4v) is 2.63. The molecule has 3 rings (SSSR count). The molecular weight excluding hydrogens is 304 g/mol. The Bertz CT molecular complexity index is 1040. The summed E-state index contributed by atoms with van der Waals surface area (Å²) in [6.45, 7) is -0.566. The van der Waals surface area contributed by atoms with E-state index in [0.717, 1.165) is 15.6 Å². The zero-order valence-corrected chi connectivity index (χ0v) is 13.5. The van der Waals surface area contributed by atoms with E-state index in [9.17, 15) is 9.59 Å². The Labute approximate surface area is 143 Å². The summed E-state index contributed by atoms with van der Waals surface area (Å²) in [7, 11) is 1.76. The van der Waals surface area contributed by atoms with Gasteiger partial charge in [0.25, 0.3) is 5.56 Å². The van der Waals surface area contributed by atoms with E-state index in [1.807, 2.05) is 0 Å². The van der Waals surface area contributed by atoms with E-state index in [1.165, 1.54) is 12.1 Å². The summed E-state index contributed by atoms with van der Waals surface area (Å²) in [6.07, 6.45) is 3.32. The minimum absolute atomic E-state index is 0.197. The number of fused-ring (bicyclic) bond motifs is 1. The monoisotopic (exact) mass is 327 g/mol. The fraction of sp³-hybridized carbons (Fsp3) is 0.278. The van der Waals surface area contributed by atoms with Crippen LogP contribution in [0.15, 0.2) is 47.5 Å². The first-order valence-corrected chi connectivity index (χ1v) is 7.58. The molecule has 0 aliphatic rings. The van der Waals surface area contributed by atoms with E-state index in [2.05, 4.69) is 10.4 Å². The van der Waals surface area contributed by atoms with Gasteiger partial charge in [0.2, 0.25) is 5.91 Å². The highest BCUT2D eigenvalue weighted by Crippen LogP contribution is 2.13. The van der Waals surface area contributed by atoms with Crippen LogP contribution in [0.5, 0.6) is 0 Å². The van der Waals surface area contributed by atoms with Gasteiger partial charge in [0.1, 0.15) is 12.1 Å². The molecule has 1 atom stereocenters. The highest BCUT2D eigenvalue weighted by Gasteiger charge is 2.13. The first-order valence-electron chi connectivity index (χ1n) is 9.08. The Balaban J connectivity index is 1.71. The molecule has 0 radical (unpaired) electrons. The van der Waals surface area contributed by atoms with Crippen LogP contribution in [0.4, 0.5) is 0 Å². The van der Waals surface area contributed by atoms with Crippen molar-refractivity contribution in [1.29, 1.82) is 0 Å². The molecule has 0 aliphatic heterocycles. The Morgan fingerprint density at radius 2 is 2.08 bits per heavy atom. The van der Waals surface area contributed by atoms with Gasteiger partial charge < -0.3 is 9.88 Å². The van der Waals surface area contributed by atoms with Crippen molar-refractivity contribution in [2.45, 2.75) is 26.4 Å². The summed E-state index contributed by atoms with van der Waals surface area (Å²) >= 11 is 0. The van der Waals surface area contributed by atoms with E-state index in [-0.39, 0.29) is 29.6 Å². The maximum absolute atomic E-state index is 12.5. The Hall–Kier alpha value is -2.89. The molecule has 24 heavy (non-hydrogen) atoms. The van der Waals surface area contributed by atoms with E-state index < -0.39 is 6.85 Å². The van der Waals surface area contributed by atoms with Gasteiger partial charge in [-0.15, -0.1) is 0 Å². The van der Waals surface area contributed by atoms with Gasteiger partial charge in [-0.05, 0) is 25.4 Å². The molecule has 1 aromatic carbocycles. The first kappa shape index (κ1) is 12.5. The lowest BCUT2D eigenvalue weighted by atomic mass is 10.1. The van der Waals surface area contributed by atoms with E-state index in [1.54, 1.807) is 49.1 Å². The van der Waals surface area contributed by atoms with Crippen LogP contribution >= 0.6 is 0 Å². The van der Waals surface area contributed by atoms with Crippen LogP contribution in [0, 0.1) is 6.85 Å². The van der Waals surface area contributed by atoms with Crippen molar-refractivity contribution in [2.75, 3.05) is 0 Å². The molecule has 0 saturated carbocycles. The molecular formula is C18H20N4O2. The van der Waals surface area contributed by atoms with E-state index in [0.29, 0.717) is 5.52 Å². The third-order valence-electron chi connectivity index (χ3n) is 3.96. The molecule has 0 bridgehead atoms. The van der Waals surface area contributed by atoms with Gasteiger partial charge in [-0.1, -0.05) is 29.8 Å². The topological polar surface area (TPSA) is 68.9 Å². The van der Waals surface area contributed by atoms with Crippen molar-refractivity contribution in [2.24, 2.45) is 7.05 Å². The molecule has 0 aliphatic carbocycles. The molecule has 3 aromatic rings. The third-order valence-corrected chi connectivity index (χ3v) is 3.96. The highest BCUT2D eigenvalue weighted by molar-refractivity contribution is 5.79. The minimum atomic E-state index is -2.16. The molecule has 0 fully saturated rings. The van der Waals surface area contributed by atoms with Crippen LogP contribution in [0.1, 0.15) is 28.2 Å². The maximum atomic E-state index is 12.5. The average Bonchev–Trinajstić information content (AvgIpc) is 2.98. The number of hydrogen-bond donors (Lipinski definition) is 1. The van der Waals surface area contributed by atoms with Gasteiger partial charge >= 0.3 is 0 Å². The molecule has 2 aromatic heterocycles. The zero-order chi connectivity index (χ0) is 19.8. The van der Waals surface area contributed by atoms with Crippen molar-refractivity contribution < 1.29 is 8.91 Å². The molecule has 2 heterocycles. The van der Waals surface area contributed by atoms with Crippen molar-refractivity contribution in [3.63, 3.8) is 0 Å². The summed E-state index contributed by atoms with van der Waals surface area (Å²) in [6, 6.07) is 7.86. The Kier molecular flexibility index (Phi) is 3.29. The number of aryl methyl sites for hydroxylation is 2. The quantitative estimate of drug-likeness (QED) is 0.796. The number of aromatic nitrogens is 3. The number of nitrogens with one attached hydrogen (secondary N) is 1. The Morgan fingerprint density at radius 1 is 1.33 bits per heavy atom. The van der Waals surface area contributed by atoms with Crippen LogP contribution in [0.25, 0.3) is 10.9 Å². The lowest BCUT2D eigenvalue weighted by Crippen LogP contribution is -2.35. The molecule has 124 valence electrons. The van der Waals surface area contributed by atoms with Gasteiger partial charge in [0.05, 0.1) is 12.2 Å². The molecule has 6 heteroatoms. The number of rotatable bonds is 4. The summed E-state index contributed by atoms with van der Waals surface area (Å²) in [5.74, 6) is -0.356. The van der Waals surface area contributed by atoms with Gasteiger partial charge in [0, 0.05) is 22.7 Å². The second-order valence-electron chi connectivity index (χ2n) is 5.75. The zero-order valence-electron chi connectivity index (χ0n) is 16.5. The van der Waals surface area contributed by atoms with Gasteiger partial charge in [-0.2, -0.15) is 5.10 Å². The molecule has 0 spiro atoms. The number of hydrogen-bond acceptors (Lipinski definition) is 3. The highest BCUT2D eigenvalue weighted by atomic mass is 16.2. The van der Waals surface area contributed by atoms with Crippen molar-refractivity contribution in [3.05, 3.63) is 64.2 Å². The largest absolute Gasteiger partial charge is 0.348 e. The lowest BCUT2D eigenvalue weighted by molar-refractivity contribution is -0.122. The number of benzene rings is 1. The smallest absolute Gasteiger partial charge is 0.291 e. The summed E-state index contributed by atoms with van der Waals surface area (Å²) < 4.78 is 25.0. The van der Waals surface area contributed by atoms with Gasteiger partial charge in [-0.25, -0.2) is 4.68 Å². The maximum Gasteiger partial charge on any atom is 0.291 e. The summed E-state index contributed by atoms with van der Waals surface area (Å²) in [5.41, 5.74) is 1.18. The van der Waals surface area contributed by atoms with Crippen molar-refractivity contribution in [1.82, 2.24) is 19.7 Å². The predicted octanol–water partition coefficient (Wildman–Crippen LogP) is 1.92. The van der Waals surface area contributed by atoms with E-state index in [4.69, 9.17) is 4.11 Å². The number of carbonyl (C=O) groups is 1. The summed E-state index contributed by atoms with van der Waals surface area (Å²) in [4.78, 5) is 24.8. The van der Waals surface area contributed by atoms with Crippen molar-refractivity contribution in [3.8, 4) is 0 Å². The molecule has 1 amide bonds. The molecule has 6 nitrogen and oxygen atoms in total. The second-order valence-corrected chi connectivity index (χ2v) is 5.75. The molecule has 1 N–H and O–H groups in total. The number of carbonyl (C=O) groups excluding carboxylic acids is 1. The van der Waals surface area contributed by atoms with Crippen LogP contribution < -0.4 is 10.9 Å². The SMILES string of the molecule is [2H]C([2H])([2H])c1ccc(C(C)NC(=O)Cn2ncc3ccn(C)c3c2=O)cc1. The first-order chi connectivity index (χ1) is 12.7. The fourth-order valence-electron chi connectivity index (χ4n) is 2.63. The Morgan fingerprint density at radius 3 is 2.79 bits per heavy atom. The van der Waals surface area contributed by atoms with Gasteiger partial charge in [-0.3, -0.25) is 9.59 Å². The van der Waals surface area contributed by atoms with Crippen LogP contribution in [-0.2, 0) is 18.4 Å². The number of amides is 1. The molecule has 1 unspecified atom stereocenters. The van der Waals surface area contributed by atoms with Crippen molar-refractivity contribution >= 4 is 16.8 Å². The third kappa shape index (κ3) is 3.08. The summed E-state index contributed by atoms with van der Waals surface area (Å²) in [5, 5.41) is 7.57. The van der Waals surface area contributed by atoms with Gasteiger partial charge in [0.15, 0.2) is 0 Å². The number of nitrogens with zero attached hydrogens (tertiary/aromatic N) is 3. The normalized spacial score (nSPS) is 14.7. The van der Waals surface area contributed by atoms with Crippen LogP contribution in [0.3, 0.4) is 0 Å².